The van der Waals surface area contributed by atoms with Gasteiger partial charge < -0.3 is 14.4 Å². The minimum atomic E-state index is -4.38. The van der Waals surface area contributed by atoms with Crippen LogP contribution in [0.1, 0.15) is 30.0 Å². The van der Waals surface area contributed by atoms with Crippen LogP contribution in [0, 0.1) is 0 Å². The number of hydrogen-bond donors (Lipinski definition) is 1. The lowest BCUT2D eigenvalue weighted by Crippen LogP contribution is -2.33. The third-order valence-electron chi connectivity index (χ3n) is 4.29. The van der Waals surface area contributed by atoms with E-state index in [1.807, 2.05) is 0 Å². The van der Waals surface area contributed by atoms with Crippen LogP contribution >= 0.6 is 0 Å². The summed E-state index contributed by atoms with van der Waals surface area (Å²) in [6.07, 6.45) is 0.506. The Morgan fingerprint density at radius 3 is 2.44 bits per heavy atom. The molecule has 0 saturated heterocycles. The molecule has 3 heterocycles. The van der Waals surface area contributed by atoms with Crippen LogP contribution in [0.2, 0.25) is 0 Å². The zero-order valence-electron chi connectivity index (χ0n) is 13.7. The number of aromatic hydroxyl groups is 1. The van der Waals surface area contributed by atoms with Gasteiger partial charge in [-0.15, -0.1) is 0 Å². The normalized spacial score (nSPS) is 19.5. The molecule has 1 fully saturated rings. The minimum Gasteiger partial charge on any atom is -0.491 e. The van der Waals surface area contributed by atoms with E-state index >= 15 is 0 Å². The first-order valence-corrected chi connectivity index (χ1v) is 8.06. The van der Waals surface area contributed by atoms with Crippen molar-refractivity contribution in [2.24, 2.45) is 0 Å². The largest absolute Gasteiger partial charge is 0.491 e. The monoisotopic (exact) mass is 378 g/mol. The SMILES string of the molecule is Oc1cc(-c2cnc(O[C@H]3C[C@@H](c4ccc(C(F)(F)F)cn4)C3)cn2)on1. The summed E-state index contributed by atoms with van der Waals surface area (Å²) in [5.41, 5.74) is 0.263. The lowest BCUT2D eigenvalue weighted by Gasteiger charge is -2.34. The van der Waals surface area contributed by atoms with Crippen molar-refractivity contribution in [2.45, 2.75) is 31.0 Å². The molecular formula is C17H13F3N4O3. The summed E-state index contributed by atoms with van der Waals surface area (Å²) >= 11 is 0. The highest BCUT2D eigenvalue weighted by Crippen LogP contribution is 2.39. The van der Waals surface area contributed by atoms with Crippen molar-refractivity contribution in [2.75, 3.05) is 0 Å². The van der Waals surface area contributed by atoms with E-state index in [0.717, 1.165) is 12.3 Å². The molecule has 0 spiro atoms. The molecule has 0 bridgehead atoms. The van der Waals surface area contributed by atoms with Crippen LogP contribution < -0.4 is 4.74 Å². The number of halogens is 3. The Bertz CT molecular complexity index is 920. The number of ether oxygens (including phenoxy) is 1. The van der Waals surface area contributed by atoms with Gasteiger partial charge in [0.2, 0.25) is 5.88 Å². The van der Waals surface area contributed by atoms with Gasteiger partial charge in [-0.2, -0.15) is 13.2 Å². The highest BCUT2D eigenvalue weighted by Gasteiger charge is 2.35. The lowest BCUT2D eigenvalue weighted by molar-refractivity contribution is -0.137. The van der Waals surface area contributed by atoms with Gasteiger partial charge in [-0.3, -0.25) is 4.98 Å². The van der Waals surface area contributed by atoms with Crippen molar-refractivity contribution in [3.63, 3.8) is 0 Å². The molecule has 0 atom stereocenters. The number of pyridine rings is 1. The fourth-order valence-corrected chi connectivity index (χ4v) is 2.78. The molecule has 10 heteroatoms. The van der Waals surface area contributed by atoms with Gasteiger partial charge in [0, 0.05) is 17.8 Å². The number of aromatic nitrogens is 4. The maximum atomic E-state index is 12.6. The highest BCUT2D eigenvalue weighted by molar-refractivity contribution is 5.51. The van der Waals surface area contributed by atoms with Crippen molar-refractivity contribution in [1.29, 1.82) is 0 Å². The van der Waals surface area contributed by atoms with Gasteiger partial charge in [0.05, 0.1) is 24.0 Å². The van der Waals surface area contributed by atoms with E-state index in [0.29, 0.717) is 30.1 Å². The average molecular weight is 378 g/mol. The van der Waals surface area contributed by atoms with Gasteiger partial charge in [-0.05, 0) is 30.1 Å². The van der Waals surface area contributed by atoms with Crippen LogP contribution in [0.3, 0.4) is 0 Å². The topological polar surface area (TPSA) is 94.2 Å². The molecule has 3 aromatic heterocycles. The predicted octanol–water partition coefficient (Wildman–Crippen LogP) is 3.58. The molecule has 0 amide bonds. The smallest absolute Gasteiger partial charge is 0.417 e. The molecule has 0 radical (unpaired) electrons. The summed E-state index contributed by atoms with van der Waals surface area (Å²) in [7, 11) is 0. The third-order valence-corrected chi connectivity index (χ3v) is 4.29. The molecule has 0 aromatic carbocycles. The zero-order chi connectivity index (χ0) is 19.0. The van der Waals surface area contributed by atoms with Crippen molar-refractivity contribution >= 4 is 0 Å². The highest BCUT2D eigenvalue weighted by atomic mass is 19.4. The van der Waals surface area contributed by atoms with Gasteiger partial charge >= 0.3 is 6.18 Å². The maximum absolute atomic E-state index is 12.6. The number of hydrogen-bond acceptors (Lipinski definition) is 7. The van der Waals surface area contributed by atoms with Gasteiger partial charge in [-0.1, -0.05) is 0 Å². The van der Waals surface area contributed by atoms with E-state index in [1.54, 1.807) is 0 Å². The second kappa shape index (κ2) is 6.53. The third kappa shape index (κ3) is 3.69. The summed E-state index contributed by atoms with van der Waals surface area (Å²) in [5.74, 6) is 0.418. The Kier molecular flexibility index (Phi) is 4.17. The van der Waals surface area contributed by atoms with E-state index in [-0.39, 0.29) is 23.7 Å². The molecule has 7 nitrogen and oxygen atoms in total. The fourth-order valence-electron chi connectivity index (χ4n) is 2.78. The first-order chi connectivity index (χ1) is 12.9. The first-order valence-electron chi connectivity index (χ1n) is 8.06. The van der Waals surface area contributed by atoms with Crippen molar-refractivity contribution in [1.82, 2.24) is 20.1 Å². The van der Waals surface area contributed by atoms with Gasteiger partial charge in [0.25, 0.3) is 5.88 Å². The molecule has 1 saturated carbocycles. The number of rotatable bonds is 4. The number of alkyl halides is 3. The van der Waals surface area contributed by atoms with Crippen LogP contribution in [0.15, 0.2) is 41.3 Å². The molecular weight excluding hydrogens is 365 g/mol. The van der Waals surface area contributed by atoms with Crippen LogP contribution in [0.25, 0.3) is 11.5 Å². The Morgan fingerprint density at radius 1 is 1.07 bits per heavy atom. The molecule has 140 valence electrons. The summed E-state index contributed by atoms with van der Waals surface area (Å²) < 4.78 is 48.3. The first kappa shape index (κ1) is 17.3. The maximum Gasteiger partial charge on any atom is 0.417 e. The fraction of sp³-hybridized carbons (Fsp3) is 0.294. The molecule has 1 aliphatic rings. The molecule has 1 aliphatic carbocycles. The molecule has 1 N–H and O–H groups in total. The van der Waals surface area contributed by atoms with Gasteiger partial charge in [-0.25, -0.2) is 9.97 Å². The number of nitrogens with zero attached hydrogens (tertiary/aromatic N) is 4. The van der Waals surface area contributed by atoms with E-state index in [1.165, 1.54) is 24.5 Å². The van der Waals surface area contributed by atoms with Crippen LogP contribution in [0.5, 0.6) is 11.8 Å². The van der Waals surface area contributed by atoms with Crippen LogP contribution in [0.4, 0.5) is 13.2 Å². The van der Waals surface area contributed by atoms with Gasteiger partial charge in [0.1, 0.15) is 11.8 Å². The molecule has 4 rings (SSSR count). The minimum absolute atomic E-state index is 0.0571. The Balaban J connectivity index is 1.32. The summed E-state index contributed by atoms with van der Waals surface area (Å²) in [6, 6.07) is 3.77. The van der Waals surface area contributed by atoms with Gasteiger partial charge in [0.15, 0.2) is 5.76 Å². The second-order valence-corrected chi connectivity index (χ2v) is 6.17. The second-order valence-electron chi connectivity index (χ2n) is 6.17. The van der Waals surface area contributed by atoms with Crippen LogP contribution in [-0.2, 0) is 6.18 Å². The quantitative estimate of drug-likeness (QED) is 0.742. The Labute approximate surface area is 150 Å². The van der Waals surface area contributed by atoms with Crippen molar-refractivity contribution in [3.8, 4) is 23.2 Å². The average Bonchev–Trinajstić information content (AvgIpc) is 3.04. The lowest BCUT2D eigenvalue weighted by atomic mass is 9.79. The van der Waals surface area contributed by atoms with Crippen molar-refractivity contribution < 1.29 is 27.5 Å². The Morgan fingerprint density at radius 2 is 1.89 bits per heavy atom. The molecule has 3 aromatic rings. The molecule has 0 unspecified atom stereocenters. The molecule has 0 aliphatic heterocycles. The molecule has 27 heavy (non-hydrogen) atoms. The Hall–Kier alpha value is -3.17. The zero-order valence-corrected chi connectivity index (χ0v) is 13.7. The summed E-state index contributed by atoms with van der Waals surface area (Å²) in [6.45, 7) is 0. The van der Waals surface area contributed by atoms with E-state index < -0.39 is 11.7 Å². The van der Waals surface area contributed by atoms with E-state index in [2.05, 4.69) is 20.1 Å². The summed E-state index contributed by atoms with van der Waals surface area (Å²) in [5, 5.41) is 12.5. The van der Waals surface area contributed by atoms with Crippen molar-refractivity contribution in [3.05, 3.63) is 48.0 Å². The summed E-state index contributed by atoms with van der Waals surface area (Å²) in [4.78, 5) is 12.2. The van der Waals surface area contributed by atoms with E-state index in [4.69, 9.17) is 14.4 Å². The van der Waals surface area contributed by atoms with Crippen LogP contribution in [-0.4, -0.2) is 31.3 Å². The predicted molar refractivity (Wildman–Crippen MR) is 84.8 cm³/mol. The standard InChI is InChI=1S/C17H13F3N4O3/c18-17(19,20)10-1-2-12(21-6-10)9-3-11(4-9)26-16-8-22-13(7-23-16)14-5-15(25)24-27-14/h1-2,5-9,11H,3-4H2,(H,24,25)/t9-,11+. The van der Waals surface area contributed by atoms with E-state index in [9.17, 15) is 13.2 Å².